The molecule has 3 aromatic heterocycles. The van der Waals surface area contributed by atoms with Crippen LogP contribution in [0.2, 0.25) is 0 Å². The van der Waals surface area contributed by atoms with Crippen LogP contribution in [0.15, 0.2) is 59.5 Å². The molecule has 3 heterocycles. The van der Waals surface area contributed by atoms with E-state index < -0.39 is 11.6 Å². The van der Waals surface area contributed by atoms with Gasteiger partial charge in [-0.1, -0.05) is 18.2 Å². The number of halogens is 1. The molecule has 1 aliphatic rings. The predicted molar refractivity (Wildman–Crippen MR) is 120 cm³/mol. The van der Waals surface area contributed by atoms with Crippen LogP contribution in [-0.2, 0) is 13.1 Å². The Morgan fingerprint density at radius 3 is 2.84 bits per heavy atom. The van der Waals surface area contributed by atoms with Crippen LogP contribution in [0.25, 0.3) is 16.6 Å². The minimum absolute atomic E-state index is 0.0904. The quantitative estimate of drug-likeness (QED) is 0.418. The van der Waals surface area contributed by atoms with E-state index in [1.165, 1.54) is 10.5 Å². The third-order valence-corrected chi connectivity index (χ3v) is 6.01. The molecule has 3 N–H and O–H groups in total. The summed E-state index contributed by atoms with van der Waals surface area (Å²) in [6, 6.07) is 14.4. The molecule has 7 nitrogen and oxygen atoms in total. The summed E-state index contributed by atoms with van der Waals surface area (Å²) in [6.45, 7) is 1.27. The summed E-state index contributed by atoms with van der Waals surface area (Å²) in [5, 5.41) is 7.08. The first-order chi connectivity index (χ1) is 15.5. The number of pyridine rings is 1. The van der Waals surface area contributed by atoms with Crippen molar-refractivity contribution in [3.8, 4) is 0 Å². The second kappa shape index (κ2) is 8.20. The van der Waals surface area contributed by atoms with E-state index in [9.17, 15) is 14.0 Å². The highest BCUT2D eigenvalue weighted by Crippen LogP contribution is 2.35. The Morgan fingerprint density at radius 1 is 1.16 bits per heavy atom. The predicted octanol–water partition coefficient (Wildman–Crippen LogP) is 3.09. The zero-order chi connectivity index (χ0) is 22.1. The van der Waals surface area contributed by atoms with Crippen LogP contribution in [-0.4, -0.2) is 32.5 Å². The number of aromatic nitrogens is 3. The molecule has 1 saturated carbocycles. The number of amides is 1. The fraction of sp³-hybridized carbons (Fsp3) is 0.292. The average molecular weight is 433 g/mol. The maximum Gasteiger partial charge on any atom is 0.270 e. The molecular formula is C24H24FN5O2. The topological polar surface area (TPSA) is 91.3 Å². The highest BCUT2D eigenvalue weighted by atomic mass is 19.1. The first kappa shape index (κ1) is 20.4. The van der Waals surface area contributed by atoms with Crippen molar-refractivity contribution in [3.05, 3.63) is 82.0 Å². The molecule has 1 amide bonds. The van der Waals surface area contributed by atoms with Gasteiger partial charge in [0.05, 0.1) is 0 Å². The van der Waals surface area contributed by atoms with Crippen molar-refractivity contribution in [1.29, 1.82) is 0 Å². The number of H-pyrrole nitrogens is 1. The van der Waals surface area contributed by atoms with E-state index in [0.29, 0.717) is 38.1 Å². The Morgan fingerprint density at radius 2 is 2.03 bits per heavy atom. The molecule has 0 atom stereocenters. The number of rotatable bonds is 7. The minimum Gasteiger partial charge on any atom is -0.357 e. The number of nitrogens with zero attached hydrogens (tertiary/aromatic N) is 2. The molecule has 0 spiro atoms. The highest BCUT2D eigenvalue weighted by molar-refractivity contribution is 5.92. The van der Waals surface area contributed by atoms with Crippen molar-refractivity contribution < 1.29 is 9.18 Å². The van der Waals surface area contributed by atoms with Crippen LogP contribution >= 0.6 is 0 Å². The molecule has 0 bridgehead atoms. The third kappa shape index (κ3) is 4.13. The largest absolute Gasteiger partial charge is 0.357 e. The first-order valence-electron chi connectivity index (χ1n) is 10.8. The fourth-order valence-electron chi connectivity index (χ4n) is 4.04. The molecule has 0 radical (unpaired) electrons. The van der Waals surface area contributed by atoms with Crippen molar-refractivity contribution >= 4 is 22.5 Å². The number of carbonyl (C=O) groups is 1. The van der Waals surface area contributed by atoms with Gasteiger partial charge < -0.3 is 15.6 Å². The van der Waals surface area contributed by atoms with E-state index in [1.54, 1.807) is 24.4 Å². The summed E-state index contributed by atoms with van der Waals surface area (Å²) in [6.07, 6.45) is 3.87. The molecule has 1 fully saturated rings. The monoisotopic (exact) mass is 433 g/mol. The lowest BCUT2D eigenvalue weighted by molar-refractivity contribution is 0.0629. The number of fused-ring (bicyclic) bond motifs is 2. The number of benzene rings is 1. The second-order valence-corrected chi connectivity index (χ2v) is 8.42. The van der Waals surface area contributed by atoms with E-state index >= 15 is 0 Å². The molecule has 164 valence electrons. The van der Waals surface area contributed by atoms with Gasteiger partial charge in [0.15, 0.2) is 0 Å². The number of aromatic amines is 1. The number of hydrogen-bond donors (Lipinski definition) is 3. The fourth-order valence-corrected chi connectivity index (χ4v) is 4.04. The van der Waals surface area contributed by atoms with Crippen LogP contribution < -0.4 is 16.2 Å². The van der Waals surface area contributed by atoms with Gasteiger partial charge in [-0.05, 0) is 54.5 Å². The summed E-state index contributed by atoms with van der Waals surface area (Å²) in [5.74, 6) is -0.402. The SMILES string of the molecule is O=C(NCc1ccc2cc(CNCC3(F)CCC3)[nH]c2c1)c1cc(=O)n2ccccc2n1. The van der Waals surface area contributed by atoms with Gasteiger partial charge in [-0.2, -0.15) is 0 Å². The first-order valence-corrected chi connectivity index (χ1v) is 10.8. The average Bonchev–Trinajstić information content (AvgIpc) is 3.18. The highest BCUT2D eigenvalue weighted by Gasteiger charge is 2.36. The zero-order valence-corrected chi connectivity index (χ0v) is 17.5. The number of nitrogens with one attached hydrogen (secondary N) is 3. The number of hydrogen-bond acceptors (Lipinski definition) is 4. The maximum absolute atomic E-state index is 14.1. The van der Waals surface area contributed by atoms with Gasteiger partial charge in [0.1, 0.15) is 17.0 Å². The Bertz CT molecular complexity index is 1360. The summed E-state index contributed by atoms with van der Waals surface area (Å²) in [4.78, 5) is 32.4. The smallest absolute Gasteiger partial charge is 0.270 e. The Labute approximate surface area is 183 Å². The van der Waals surface area contributed by atoms with E-state index in [1.807, 2.05) is 24.3 Å². The molecule has 4 aromatic rings. The minimum atomic E-state index is -1.04. The van der Waals surface area contributed by atoms with Gasteiger partial charge in [0.2, 0.25) is 0 Å². The lowest BCUT2D eigenvalue weighted by atomic mass is 9.82. The van der Waals surface area contributed by atoms with Crippen LogP contribution in [0.1, 0.15) is 41.0 Å². The zero-order valence-electron chi connectivity index (χ0n) is 17.5. The van der Waals surface area contributed by atoms with E-state index in [0.717, 1.165) is 28.6 Å². The van der Waals surface area contributed by atoms with Crippen LogP contribution in [0.4, 0.5) is 4.39 Å². The molecule has 1 aromatic carbocycles. The van der Waals surface area contributed by atoms with Gasteiger partial charge in [0.25, 0.3) is 11.5 Å². The van der Waals surface area contributed by atoms with E-state index in [2.05, 4.69) is 20.6 Å². The summed E-state index contributed by atoms with van der Waals surface area (Å²) in [7, 11) is 0. The Balaban J connectivity index is 1.23. The second-order valence-electron chi connectivity index (χ2n) is 8.42. The van der Waals surface area contributed by atoms with Crippen LogP contribution in [0.5, 0.6) is 0 Å². The molecule has 0 unspecified atom stereocenters. The van der Waals surface area contributed by atoms with Crippen molar-refractivity contribution in [1.82, 2.24) is 25.0 Å². The van der Waals surface area contributed by atoms with E-state index in [4.69, 9.17) is 0 Å². The number of alkyl halides is 1. The number of carbonyl (C=O) groups excluding carboxylic acids is 1. The third-order valence-electron chi connectivity index (χ3n) is 6.01. The lowest BCUT2D eigenvalue weighted by Crippen LogP contribution is -2.42. The maximum atomic E-state index is 14.1. The van der Waals surface area contributed by atoms with Crippen LogP contribution in [0, 0.1) is 0 Å². The van der Waals surface area contributed by atoms with Crippen molar-refractivity contribution in [2.45, 2.75) is 38.0 Å². The molecule has 32 heavy (non-hydrogen) atoms. The van der Waals surface area contributed by atoms with Crippen molar-refractivity contribution in [3.63, 3.8) is 0 Å². The van der Waals surface area contributed by atoms with Crippen LogP contribution in [0.3, 0.4) is 0 Å². The van der Waals surface area contributed by atoms with Crippen molar-refractivity contribution in [2.75, 3.05) is 6.54 Å². The molecule has 0 saturated heterocycles. The van der Waals surface area contributed by atoms with Gasteiger partial charge in [-0.15, -0.1) is 0 Å². The summed E-state index contributed by atoms with van der Waals surface area (Å²) >= 11 is 0. The molecule has 5 rings (SSSR count). The Hall–Kier alpha value is -3.52. The standard InChI is InChI=1S/C24H24FN5O2/c25-24(7-3-8-24)15-26-14-18-11-17-6-5-16(10-19(17)28-18)13-27-23(32)20-12-22(31)30-9-2-1-4-21(30)29-20/h1-2,4-6,9-12,26,28H,3,7-8,13-15H2,(H,27,32). The van der Waals surface area contributed by atoms with Crippen molar-refractivity contribution in [2.24, 2.45) is 0 Å². The van der Waals surface area contributed by atoms with Gasteiger partial charge in [-0.3, -0.25) is 14.0 Å². The summed E-state index contributed by atoms with van der Waals surface area (Å²) in [5.41, 5.74) is 2.04. The molecule has 0 aliphatic heterocycles. The van der Waals surface area contributed by atoms with Gasteiger partial charge >= 0.3 is 0 Å². The lowest BCUT2D eigenvalue weighted by Gasteiger charge is -2.33. The summed E-state index contributed by atoms with van der Waals surface area (Å²) < 4.78 is 15.5. The molecule has 8 heteroatoms. The molecular weight excluding hydrogens is 409 g/mol. The van der Waals surface area contributed by atoms with E-state index in [-0.39, 0.29) is 11.3 Å². The molecule has 1 aliphatic carbocycles. The Kier molecular flexibility index (Phi) is 5.22. The van der Waals surface area contributed by atoms with Gasteiger partial charge in [-0.25, -0.2) is 9.37 Å². The normalized spacial score (nSPS) is 15.0. The van der Waals surface area contributed by atoms with Gasteiger partial charge in [0, 0.05) is 43.1 Å².